The molecule has 0 fully saturated rings. The van der Waals surface area contributed by atoms with Crippen molar-refractivity contribution in [3.05, 3.63) is 83.7 Å². The summed E-state index contributed by atoms with van der Waals surface area (Å²) >= 11 is 1.23. The second kappa shape index (κ2) is 11.1. The lowest BCUT2D eigenvalue weighted by Gasteiger charge is -2.18. The van der Waals surface area contributed by atoms with Crippen molar-refractivity contribution >= 4 is 40.6 Å². The Bertz CT molecular complexity index is 1250. The summed E-state index contributed by atoms with van der Waals surface area (Å²) in [5.74, 6) is 1.08. The van der Waals surface area contributed by atoms with E-state index in [1.54, 1.807) is 35.0 Å². The summed E-state index contributed by atoms with van der Waals surface area (Å²) in [4.78, 5) is 32.1. The normalized spacial score (nSPS) is 14.5. The fourth-order valence-electron chi connectivity index (χ4n) is 3.54. The molecule has 0 atom stereocenters. The van der Waals surface area contributed by atoms with E-state index in [0.717, 1.165) is 16.9 Å². The SMILES string of the molecule is COc1ccc(C=C2N=C(SCC(=O)Nc3ccnn3C(C)C)N(Cc3ccccc3)C2=O)cc1. The molecule has 0 spiro atoms. The fraction of sp³-hybridized carbons (Fsp3) is 0.231. The Morgan fingerprint density at radius 2 is 1.86 bits per heavy atom. The number of nitrogens with zero attached hydrogens (tertiary/aromatic N) is 4. The number of hydrogen-bond acceptors (Lipinski definition) is 6. The predicted octanol–water partition coefficient (Wildman–Crippen LogP) is 4.58. The molecule has 3 aromatic rings. The Morgan fingerprint density at radius 3 is 2.54 bits per heavy atom. The van der Waals surface area contributed by atoms with Gasteiger partial charge >= 0.3 is 0 Å². The average molecular weight is 490 g/mol. The third-order valence-electron chi connectivity index (χ3n) is 5.27. The molecule has 2 amide bonds. The third-order valence-corrected chi connectivity index (χ3v) is 6.25. The largest absolute Gasteiger partial charge is 0.497 e. The van der Waals surface area contributed by atoms with Crippen LogP contribution in [0, 0.1) is 0 Å². The number of benzene rings is 2. The third kappa shape index (κ3) is 5.99. The maximum absolute atomic E-state index is 13.3. The molecule has 0 unspecified atom stereocenters. The number of carbonyl (C=O) groups is 2. The Morgan fingerprint density at radius 1 is 1.11 bits per heavy atom. The fourth-order valence-corrected chi connectivity index (χ4v) is 4.34. The number of nitrogens with one attached hydrogen (secondary N) is 1. The van der Waals surface area contributed by atoms with E-state index in [4.69, 9.17) is 4.74 Å². The van der Waals surface area contributed by atoms with Gasteiger partial charge in [0.2, 0.25) is 5.91 Å². The van der Waals surface area contributed by atoms with Crippen LogP contribution < -0.4 is 10.1 Å². The highest BCUT2D eigenvalue weighted by Gasteiger charge is 2.31. The van der Waals surface area contributed by atoms with Crippen molar-refractivity contribution in [1.82, 2.24) is 14.7 Å². The van der Waals surface area contributed by atoms with Crippen LogP contribution in [0.15, 0.2) is 77.5 Å². The summed E-state index contributed by atoms with van der Waals surface area (Å²) in [5.41, 5.74) is 2.14. The summed E-state index contributed by atoms with van der Waals surface area (Å²) in [6, 6.07) is 19.0. The minimum absolute atomic E-state index is 0.108. The van der Waals surface area contributed by atoms with Crippen LogP contribution in [0.3, 0.4) is 0 Å². The van der Waals surface area contributed by atoms with Crippen LogP contribution in [0.2, 0.25) is 0 Å². The molecule has 2 aromatic carbocycles. The molecule has 0 bridgehead atoms. The van der Waals surface area contributed by atoms with Crippen molar-refractivity contribution in [3.63, 3.8) is 0 Å². The quantitative estimate of drug-likeness (QED) is 0.468. The number of amidine groups is 1. The van der Waals surface area contributed by atoms with Crippen LogP contribution in [0.25, 0.3) is 6.08 Å². The van der Waals surface area contributed by atoms with Crippen molar-refractivity contribution in [1.29, 1.82) is 0 Å². The Balaban J connectivity index is 1.52. The van der Waals surface area contributed by atoms with E-state index in [2.05, 4.69) is 15.4 Å². The van der Waals surface area contributed by atoms with Gasteiger partial charge in [0.25, 0.3) is 5.91 Å². The molecule has 35 heavy (non-hydrogen) atoms. The van der Waals surface area contributed by atoms with E-state index in [-0.39, 0.29) is 23.6 Å². The van der Waals surface area contributed by atoms with E-state index < -0.39 is 0 Å². The van der Waals surface area contributed by atoms with Crippen molar-refractivity contribution < 1.29 is 14.3 Å². The molecule has 2 heterocycles. The van der Waals surface area contributed by atoms with Gasteiger partial charge < -0.3 is 10.1 Å². The molecule has 4 rings (SSSR count). The van der Waals surface area contributed by atoms with Crippen LogP contribution in [-0.4, -0.2) is 44.5 Å². The Hall–Kier alpha value is -3.85. The zero-order valence-corrected chi connectivity index (χ0v) is 20.7. The smallest absolute Gasteiger partial charge is 0.278 e. The summed E-state index contributed by atoms with van der Waals surface area (Å²) in [5, 5.41) is 7.62. The van der Waals surface area contributed by atoms with Gasteiger partial charge in [0.15, 0.2) is 5.17 Å². The van der Waals surface area contributed by atoms with Gasteiger partial charge in [-0.2, -0.15) is 5.10 Å². The molecular formula is C26H27N5O3S. The van der Waals surface area contributed by atoms with Crippen LogP contribution in [0.5, 0.6) is 5.75 Å². The number of aromatic nitrogens is 2. The van der Waals surface area contributed by atoms with Crippen LogP contribution in [0.1, 0.15) is 31.0 Å². The van der Waals surface area contributed by atoms with E-state index >= 15 is 0 Å². The molecule has 0 aliphatic carbocycles. The molecule has 180 valence electrons. The minimum atomic E-state index is -0.203. The molecule has 1 aliphatic rings. The number of hydrogen-bond donors (Lipinski definition) is 1. The maximum atomic E-state index is 13.3. The highest BCUT2D eigenvalue weighted by Crippen LogP contribution is 2.26. The van der Waals surface area contributed by atoms with Crippen molar-refractivity contribution in [3.8, 4) is 5.75 Å². The van der Waals surface area contributed by atoms with E-state index in [1.807, 2.05) is 68.4 Å². The van der Waals surface area contributed by atoms with E-state index in [0.29, 0.717) is 23.2 Å². The van der Waals surface area contributed by atoms with Crippen LogP contribution in [0.4, 0.5) is 5.82 Å². The molecule has 1 N–H and O–H groups in total. The van der Waals surface area contributed by atoms with Gasteiger partial charge in [-0.25, -0.2) is 9.67 Å². The lowest BCUT2D eigenvalue weighted by Crippen LogP contribution is -2.31. The van der Waals surface area contributed by atoms with Crippen molar-refractivity contribution in [2.24, 2.45) is 4.99 Å². The number of aliphatic imine (C=N–C) groups is 1. The number of anilines is 1. The molecular weight excluding hydrogens is 462 g/mol. The first-order valence-electron chi connectivity index (χ1n) is 11.2. The second-order valence-electron chi connectivity index (χ2n) is 8.17. The molecule has 1 aliphatic heterocycles. The standard InChI is InChI=1S/C26H27N5O3S/c1-18(2)31-23(13-14-27-31)29-24(32)17-35-26-28-22(15-19-9-11-21(34-3)12-10-19)25(33)30(26)16-20-7-5-4-6-8-20/h4-15,18H,16-17H2,1-3H3,(H,29,32). The van der Waals surface area contributed by atoms with Gasteiger partial charge in [-0.1, -0.05) is 54.2 Å². The highest BCUT2D eigenvalue weighted by molar-refractivity contribution is 8.14. The minimum Gasteiger partial charge on any atom is -0.497 e. The first-order valence-corrected chi connectivity index (χ1v) is 12.2. The number of rotatable bonds is 8. The highest BCUT2D eigenvalue weighted by atomic mass is 32.2. The van der Waals surface area contributed by atoms with E-state index in [9.17, 15) is 9.59 Å². The Kier molecular flexibility index (Phi) is 7.67. The van der Waals surface area contributed by atoms with Crippen LogP contribution in [-0.2, 0) is 16.1 Å². The van der Waals surface area contributed by atoms with Gasteiger partial charge in [0, 0.05) is 12.1 Å². The molecule has 0 saturated heterocycles. The number of ether oxygens (including phenoxy) is 1. The number of methoxy groups -OCH3 is 1. The lowest BCUT2D eigenvalue weighted by molar-refractivity contribution is -0.123. The zero-order chi connectivity index (χ0) is 24.8. The van der Waals surface area contributed by atoms with Gasteiger partial charge in [0.1, 0.15) is 17.3 Å². The molecule has 8 nitrogen and oxygen atoms in total. The average Bonchev–Trinajstić information content (AvgIpc) is 3.44. The summed E-state index contributed by atoms with van der Waals surface area (Å²) in [6.07, 6.45) is 3.40. The van der Waals surface area contributed by atoms with Crippen molar-refractivity contribution in [2.75, 3.05) is 18.2 Å². The Labute approximate surface area is 208 Å². The van der Waals surface area contributed by atoms with E-state index in [1.165, 1.54) is 11.8 Å². The summed E-state index contributed by atoms with van der Waals surface area (Å²) in [6.45, 7) is 4.36. The topological polar surface area (TPSA) is 88.8 Å². The van der Waals surface area contributed by atoms with Crippen molar-refractivity contribution in [2.45, 2.75) is 26.4 Å². The lowest BCUT2D eigenvalue weighted by atomic mass is 10.1. The van der Waals surface area contributed by atoms with Gasteiger partial charge in [-0.15, -0.1) is 0 Å². The molecule has 0 radical (unpaired) electrons. The molecule has 1 aromatic heterocycles. The predicted molar refractivity (Wildman–Crippen MR) is 139 cm³/mol. The second-order valence-corrected chi connectivity index (χ2v) is 9.11. The summed E-state index contributed by atoms with van der Waals surface area (Å²) in [7, 11) is 1.61. The number of carbonyl (C=O) groups excluding carboxylic acids is 2. The zero-order valence-electron chi connectivity index (χ0n) is 19.8. The van der Waals surface area contributed by atoms with Crippen LogP contribution >= 0.6 is 11.8 Å². The number of amides is 2. The van der Waals surface area contributed by atoms with Gasteiger partial charge in [-0.3, -0.25) is 14.5 Å². The number of thioether (sulfide) groups is 1. The van der Waals surface area contributed by atoms with Gasteiger partial charge in [-0.05, 0) is 43.2 Å². The molecule has 0 saturated carbocycles. The summed E-state index contributed by atoms with van der Waals surface area (Å²) < 4.78 is 6.95. The first kappa shape index (κ1) is 24.3. The molecule has 9 heteroatoms. The first-order chi connectivity index (χ1) is 16.9. The monoisotopic (exact) mass is 489 g/mol. The maximum Gasteiger partial charge on any atom is 0.278 e. The van der Waals surface area contributed by atoms with Gasteiger partial charge in [0.05, 0.1) is 25.6 Å².